The first-order valence-electron chi connectivity index (χ1n) is 9.82. The molecule has 0 aliphatic heterocycles. The summed E-state index contributed by atoms with van der Waals surface area (Å²) in [6, 6.07) is 17.2. The number of amides is 2. The molecule has 2 heterocycles. The minimum absolute atomic E-state index is 0.0552. The number of anilines is 1. The van der Waals surface area contributed by atoms with Crippen molar-refractivity contribution in [3.8, 4) is 11.5 Å². The highest BCUT2D eigenvalue weighted by atomic mass is 19.4. The second kappa shape index (κ2) is 8.62. The van der Waals surface area contributed by atoms with Crippen molar-refractivity contribution in [2.45, 2.75) is 19.6 Å². The Morgan fingerprint density at radius 2 is 1.72 bits per heavy atom. The van der Waals surface area contributed by atoms with E-state index in [1.807, 2.05) is 66.3 Å². The third-order valence-corrected chi connectivity index (χ3v) is 4.88. The van der Waals surface area contributed by atoms with Gasteiger partial charge < -0.3 is 15.2 Å². The Kier molecular flexibility index (Phi) is 5.72. The summed E-state index contributed by atoms with van der Waals surface area (Å²) in [6.45, 7) is 1.98. The third-order valence-electron chi connectivity index (χ3n) is 4.88. The molecular formula is C23H20F3N5O. The molecule has 0 unspecified atom stereocenters. The highest BCUT2D eigenvalue weighted by Gasteiger charge is 2.30. The first-order chi connectivity index (χ1) is 15.3. The Morgan fingerprint density at radius 3 is 2.41 bits per heavy atom. The number of hydrogen-bond acceptors (Lipinski definition) is 2. The summed E-state index contributed by atoms with van der Waals surface area (Å²) in [7, 11) is 0. The molecule has 164 valence electrons. The van der Waals surface area contributed by atoms with Crippen molar-refractivity contribution in [1.82, 2.24) is 19.7 Å². The van der Waals surface area contributed by atoms with Crippen molar-refractivity contribution in [1.29, 1.82) is 0 Å². The van der Waals surface area contributed by atoms with Crippen molar-refractivity contribution in [3.63, 3.8) is 0 Å². The summed E-state index contributed by atoms with van der Waals surface area (Å²) >= 11 is 0. The van der Waals surface area contributed by atoms with Crippen molar-refractivity contribution >= 4 is 11.7 Å². The van der Waals surface area contributed by atoms with Gasteiger partial charge in [0, 0.05) is 23.6 Å². The van der Waals surface area contributed by atoms with Gasteiger partial charge in [0.15, 0.2) is 0 Å². The Labute approximate surface area is 182 Å². The third kappa shape index (κ3) is 4.51. The zero-order valence-corrected chi connectivity index (χ0v) is 17.1. The molecule has 4 aromatic rings. The van der Waals surface area contributed by atoms with E-state index in [0.29, 0.717) is 0 Å². The maximum Gasteiger partial charge on any atom is 0.416 e. The molecule has 0 saturated carbocycles. The zero-order valence-electron chi connectivity index (χ0n) is 17.1. The lowest BCUT2D eigenvalue weighted by Gasteiger charge is -2.13. The average molecular weight is 439 g/mol. The van der Waals surface area contributed by atoms with Crippen molar-refractivity contribution in [2.75, 3.05) is 5.32 Å². The van der Waals surface area contributed by atoms with Crippen LogP contribution < -0.4 is 10.6 Å². The fraction of sp³-hybridized carbons (Fsp3) is 0.130. The molecule has 0 aliphatic carbocycles. The second-order valence-corrected chi connectivity index (χ2v) is 7.11. The van der Waals surface area contributed by atoms with Crippen LogP contribution in [0.3, 0.4) is 0 Å². The number of hydrogen-bond donors (Lipinski definition) is 2. The number of para-hydroxylation sites is 1. The number of rotatable bonds is 5. The average Bonchev–Trinajstić information content (AvgIpc) is 3.40. The first-order valence-corrected chi connectivity index (χ1v) is 9.82. The highest BCUT2D eigenvalue weighted by molar-refractivity contribution is 5.89. The second-order valence-electron chi connectivity index (χ2n) is 7.11. The van der Waals surface area contributed by atoms with Crippen molar-refractivity contribution in [3.05, 3.63) is 95.9 Å². The Bertz CT molecular complexity index is 1210. The molecule has 2 amide bonds. The summed E-state index contributed by atoms with van der Waals surface area (Å²) in [5, 5.41) is 9.80. The lowest BCUT2D eigenvalue weighted by molar-refractivity contribution is -0.137. The molecule has 0 saturated heterocycles. The first kappa shape index (κ1) is 21.2. The number of alkyl halides is 3. The van der Waals surface area contributed by atoms with Crippen LogP contribution in [0.25, 0.3) is 11.5 Å². The van der Waals surface area contributed by atoms with Crippen LogP contribution in [0.5, 0.6) is 0 Å². The summed E-state index contributed by atoms with van der Waals surface area (Å²) in [5.41, 5.74) is 1.59. The number of aryl methyl sites for hydroxylation is 1. The fourth-order valence-electron chi connectivity index (χ4n) is 3.36. The standard InChI is InChI=1S/C23H20F3N5O/c1-16-20(15-27-22(32)28-18-9-7-8-17(14-18)23(24,25)26)21(30-12-5-6-13-30)31(29-16)19-10-3-2-4-11-19/h2-14H,15H2,1H3,(H2,27,28,32). The van der Waals surface area contributed by atoms with Crippen LogP contribution in [-0.4, -0.2) is 20.4 Å². The maximum absolute atomic E-state index is 12.9. The molecule has 32 heavy (non-hydrogen) atoms. The number of aromatic nitrogens is 3. The predicted octanol–water partition coefficient (Wildman–Crippen LogP) is 5.31. The lowest BCUT2D eigenvalue weighted by Crippen LogP contribution is -2.29. The Hall–Kier alpha value is -4.01. The zero-order chi connectivity index (χ0) is 22.7. The van der Waals surface area contributed by atoms with Gasteiger partial charge in [-0.1, -0.05) is 24.3 Å². The molecule has 0 fully saturated rings. The maximum atomic E-state index is 12.9. The summed E-state index contributed by atoms with van der Waals surface area (Å²) in [4.78, 5) is 12.4. The molecular weight excluding hydrogens is 419 g/mol. The molecule has 2 aromatic carbocycles. The van der Waals surface area contributed by atoms with E-state index < -0.39 is 17.8 Å². The van der Waals surface area contributed by atoms with E-state index in [9.17, 15) is 18.0 Å². The number of carbonyl (C=O) groups excluding carboxylic acids is 1. The summed E-state index contributed by atoms with van der Waals surface area (Å²) in [6.07, 6.45) is -0.729. The monoisotopic (exact) mass is 439 g/mol. The number of urea groups is 1. The van der Waals surface area contributed by atoms with Crippen LogP contribution in [0.2, 0.25) is 0 Å². The molecule has 0 aliphatic rings. The van der Waals surface area contributed by atoms with E-state index in [0.717, 1.165) is 34.9 Å². The Morgan fingerprint density at radius 1 is 1.00 bits per heavy atom. The smallest absolute Gasteiger partial charge is 0.334 e. The predicted molar refractivity (Wildman–Crippen MR) is 115 cm³/mol. The molecule has 0 atom stereocenters. The summed E-state index contributed by atoms with van der Waals surface area (Å²) < 4.78 is 42.4. The number of nitrogens with one attached hydrogen (secondary N) is 2. The lowest BCUT2D eigenvalue weighted by atomic mass is 10.2. The number of benzene rings is 2. The van der Waals surface area contributed by atoms with Crippen LogP contribution in [0, 0.1) is 6.92 Å². The van der Waals surface area contributed by atoms with Gasteiger partial charge in [-0.15, -0.1) is 0 Å². The number of carbonyl (C=O) groups is 1. The van der Waals surface area contributed by atoms with Crippen LogP contribution in [0.15, 0.2) is 79.1 Å². The van der Waals surface area contributed by atoms with Crippen LogP contribution in [-0.2, 0) is 12.7 Å². The SMILES string of the molecule is Cc1nn(-c2ccccc2)c(-n2cccc2)c1CNC(=O)Nc1cccc(C(F)(F)F)c1. The fourth-order valence-corrected chi connectivity index (χ4v) is 3.36. The minimum atomic E-state index is -4.48. The van der Waals surface area contributed by atoms with E-state index >= 15 is 0 Å². The van der Waals surface area contributed by atoms with Crippen molar-refractivity contribution < 1.29 is 18.0 Å². The number of halogens is 3. The van der Waals surface area contributed by atoms with E-state index in [2.05, 4.69) is 15.7 Å². The van der Waals surface area contributed by atoms with Gasteiger partial charge in [0.05, 0.1) is 23.5 Å². The van der Waals surface area contributed by atoms with Gasteiger partial charge in [0.25, 0.3) is 0 Å². The minimum Gasteiger partial charge on any atom is -0.334 e. The van der Waals surface area contributed by atoms with Crippen LogP contribution >= 0.6 is 0 Å². The molecule has 2 aromatic heterocycles. The molecule has 0 spiro atoms. The topological polar surface area (TPSA) is 63.9 Å². The van der Waals surface area contributed by atoms with Crippen LogP contribution in [0.1, 0.15) is 16.8 Å². The molecule has 2 N–H and O–H groups in total. The van der Waals surface area contributed by atoms with Gasteiger partial charge in [-0.3, -0.25) is 0 Å². The van der Waals surface area contributed by atoms with E-state index in [1.54, 1.807) is 4.68 Å². The van der Waals surface area contributed by atoms with E-state index in [-0.39, 0.29) is 12.2 Å². The van der Waals surface area contributed by atoms with Gasteiger partial charge in [-0.05, 0) is 49.4 Å². The van der Waals surface area contributed by atoms with E-state index in [1.165, 1.54) is 12.1 Å². The van der Waals surface area contributed by atoms with Crippen molar-refractivity contribution in [2.24, 2.45) is 0 Å². The quantitative estimate of drug-likeness (QED) is 0.443. The molecule has 0 bridgehead atoms. The Balaban J connectivity index is 1.56. The normalized spacial score (nSPS) is 11.4. The van der Waals surface area contributed by atoms with Crippen LogP contribution in [0.4, 0.5) is 23.7 Å². The molecule has 6 nitrogen and oxygen atoms in total. The highest BCUT2D eigenvalue weighted by Crippen LogP contribution is 2.30. The molecule has 4 rings (SSSR count). The molecule has 9 heteroatoms. The van der Waals surface area contributed by atoms with Gasteiger partial charge in [-0.25, -0.2) is 9.48 Å². The largest absolute Gasteiger partial charge is 0.416 e. The van der Waals surface area contributed by atoms with Gasteiger partial charge in [0.1, 0.15) is 5.82 Å². The number of nitrogens with zero attached hydrogens (tertiary/aromatic N) is 3. The van der Waals surface area contributed by atoms with Gasteiger partial charge in [0.2, 0.25) is 0 Å². The van der Waals surface area contributed by atoms with E-state index in [4.69, 9.17) is 0 Å². The van der Waals surface area contributed by atoms with Gasteiger partial charge in [-0.2, -0.15) is 18.3 Å². The van der Waals surface area contributed by atoms with Gasteiger partial charge >= 0.3 is 12.2 Å². The summed E-state index contributed by atoms with van der Waals surface area (Å²) in [5.74, 6) is 0.762. The molecule has 0 radical (unpaired) electrons.